The highest BCUT2D eigenvalue weighted by Gasteiger charge is 2.24. The van der Waals surface area contributed by atoms with E-state index in [-0.39, 0.29) is 10.6 Å². The van der Waals surface area contributed by atoms with Crippen LogP contribution in [-0.4, -0.2) is 16.3 Å². The predicted molar refractivity (Wildman–Crippen MR) is 77.8 cm³/mol. The topological polar surface area (TPSA) is 29.9 Å². The summed E-state index contributed by atoms with van der Waals surface area (Å²) < 4.78 is 30.1. The molecule has 20 heavy (non-hydrogen) atoms. The number of nitrogens with zero attached hydrogens (tertiary/aromatic N) is 2. The van der Waals surface area contributed by atoms with Crippen LogP contribution in [0.1, 0.15) is 24.2 Å². The Kier molecular flexibility index (Phi) is 4.78. The summed E-state index contributed by atoms with van der Waals surface area (Å²) in [5.41, 5.74) is 0.908. The zero-order valence-electron chi connectivity index (χ0n) is 10.9. The molecule has 0 saturated carbocycles. The van der Waals surface area contributed by atoms with Gasteiger partial charge < -0.3 is 5.32 Å². The summed E-state index contributed by atoms with van der Waals surface area (Å²) in [6.07, 6.45) is 1.61. The molecule has 0 aliphatic rings. The van der Waals surface area contributed by atoms with Gasteiger partial charge in [-0.05, 0) is 34.6 Å². The molecule has 3 nitrogen and oxygen atoms in total. The molecule has 0 radical (unpaired) electrons. The zero-order valence-corrected chi connectivity index (χ0v) is 13.3. The van der Waals surface area contributed by atoms with Crippen LogP contribution in [0.2, 0.25) is 5.02 Å². The molecule has 0 spiro atoms. The molecule has 1 aromatic carbocycles. The van der Waals surface area contributed by atoms with E-state index in [1.807, 2.05) is 6.92 Å². The Morgan fingerprint density at radius 2 is 2.10 bits per heavy atom. The quantitative estimate of drug-likeness (QED) is 0.836. The third-order valence-corrected chi connectivity index (χ3v) is 3.87. The lowest BCUT2D eigenvalue weighted by Gasteiger charge is -2.20. The van der Waals surface area contributed by atoms with E-state index in [4.69, 9.17) is 11.6 Å². The largest absolute Gasteiger partial charge is 0.305 e. The van der Waals surface area contributed by atoms with Crippen molar-refractivity contribution in [3.05, 3.63) is 50.7 Å². The second kappa shape index (κ2) is 6.20. The van der Waals surface area contributed by atoms with Gasteiger partial charge in [-0.1, -0.05) is 18.5 Å². The maximum absolute atomic E-state index is 14.1. The number of hydrogen-bond donors (Lipinski definition) is 1. The average molecular weight is 365 g/mol. The Labute approximate surface area is 129 Å². The molecule has 1 heterocycles. The van der Waals surface area contributed by atoms with Crippen molar-refractivity contribution in [2.24, 2.45) is 7.05 Å². The number of aryl methyl sites for hydroxylation is 1. The highest BCUT2D eigenvalue weighted by atomic mass is 79.9. The minimum absolute atomic E-state index is 0.193. The molecule has 0 aliphatic heterocycles. The number of rotatable bonds is 4. The molecular weight excluding hydrogens is 352 g/mol. The molecular formula is C13H13BrClF2N3. The summed E-state index contributed by atoms with van der Waals surface area (Å²) in [7, 11) is 1.74. The van der Waals surface area contributed by atoms with Crippen molar-refractivity contribution in [1.82, 2.24) is 15.1 Å². The maximum atomic E-state index is 14.1. The van der Waals surface area contributed by atoms with Crippen LogP contribution in [0.25, 0.3) is 0 Å². The fourth-order valence-electron chi connectivity index (χ4n) is 2.06. The van der Waals surface area contributed by atoms with Crippen molar-refractivity contribution in [3.63, 3.8) is 0 Å². The van der Waals surface area contributed by atoms with E-state index in [1.54, 1.807) is 17.9 Å². The van der Waals surface area contributed by atoms with E-state index in [0.717, 1.165) is 16.6 Å². The lowest BCUT2D eigenvalue weighted by Crippen LogP contribution is -2.25. The summed E-state index contributed by atoms with van der Waals surface area (Å²) in [6, 6.07) is 1.58. The lowest BCUT2D eigenvalue weighted by atomic mass is 10.0. The van der Waals surface area contributed by atoms with Gasteiger partial charge in [-0.15, -0.1) is 0 Å². The molecule has 1 atom stereocenters. The van der Waals surface area contributed by atoms with Crippen molar-refractivity contribution in [2.75, 3.05) is 6.54 Å². The minimum atomic E-state index is -0.649. The van der Waals surface area contributed by atoms with Crippen molar-refractivity contribution in [2.45, 2.75) is 13.0 Å². The van der Waals surface area contributed by atoms with Gasteiger partial charge in [-0.25, -0.2) is 8.78 Å². The summed E-state index contributed by atoms with van der Waals surface area (Å²) in [5.74, 6) is -1.21. The van der Waals surface area contributed by atoms with E-state index in [0.29, 0.717) is 12.2 Å². The Bertz CT molecular complexity index is 611. The minimum Gasteiger partial charge on any atom is -0.305 e. The van der Waals surface area contributed by atoms with E-state index < -0.39 is 17.7 Å². The zero-order chi connectivity index (χ0) is 14.9. The first-order chi connectivity index (χ1) is 9.45. The molecule has 0 amide bonds. The normalized spacial score (nSPS) is 12.7. The Morgan fingerprint density at radius 3 is 2.65 bits per heavy atom. The van der Waals surface area contributed by atoms with Gasteiger partial charge in [0.1, 0.15) is 11.6 Å². The Balaban J connectivity index is 2.57. The summed E-state index contributed by atoms with van der Waals surface area (Å²) in [5, 5.41) is 7.00. The monoisotopic (exact) mass is 363 g/mol. The molecule has 7 heteroatoms. The molecule has 0 aliphatic carbocycles. The fourth-order valence-corrected chi connectivity index (χ4v) is 2.79. The van der Waals surface area contributed by atoms with Crippen LogP contribution in [0.4, 0.5) is 8.78 Å². The number of benzene rings is 1. The van der Waals surface area contributed by atoms with E-state index >= 15 is 0 Å². The molecule has 1 unspecified atom stereocenters. The van der Waals surface area contributed by atoms with Gasteiger partial charge in [0.05, 0.1) is 27.4 Å². The summed E-state index contributed by atoms with van der Waals surface area (Å²) in [6.45, 7) is 2.48. The third kappa shape index (κ3) is 2.87. The fraction of sp³-hybridized carbons (Fsp3) is 0.308. The van der Waals surface area contributed by atoms with Crippen LogP contribution in [0, 0.1) is 11.6 Å². The van der Waals surface area contributed by atoms with Gasteiger partial charge in [-0.2, -0.15) is 5.10 Å². The predicted octanol–water partition coefficient (Wildman–Crippen LogP) is 3.81. The summed E-state index contributed by atoms with van der Waals surface area (Å²) in [4.78, 5) is 0. The van der Waals surface area contributed by atoms with E-state index in [1.165, 1.54) is 0 Å². The highest BCUT2D eigenvalue weighted by Crippen LogP contribution is 2.31. The number of halogens is 4. The lowest BCUT2D eigenvalue weighted by molar-refractivity contribution is 0.522. The standard InChI is InChI=1S/C13H13BrClF2N3/c1-3-18-12(13-8(14)6-19-20(13)2)7-4-11(17)9(15)5-10(7)16/h4-6,12,18H,3H2,1-2H3. The van der Waals surface area contributed by atoms with Crippen LogP contribution in [0.15, 0.2) is 22.8 Å². The van der Waals surface area contributed by atoms with Gasteiger partial charge in [0.15, 0.2) is 0 Å². The smallest absolute Gasteiger partial charge is 0.142 e. The molecule has 1 aromatic heterocycles. The SMILES string of the molecule is CCNC(c1cc(F)c(Cl)cc1F)c1c(Br)cnn1C. The Morgan fingerprint density at radius 1 is 1.40 bits per heavy atom. The number of hydrogen-bond acceptors (Lipinski definition) is 2. The summed E-state index contributed by atoms with van der Waals surface area (Å²) >= 11 is 8.97. The Hall–Kier alpha value is -0.980. The van der Waals surface area contributed by atoms with Crippen molar-refractivity contribution >= 4 is 27.5 Å². The van der Waals surface area contributed by atoms with Crippen LogP contribution in [0.5, 0.6) is 0 Å². The average Bonchev–Trinajstić information content (AvgIpc) is 2.71. The number of nitrogens with one attached hydrogen (secondary N) is 1. The molecule has 2 rings (SSSR count). The molecule has 1 N–H and O–H groups in total. The maximum Gasteiger partial charge on any atom is 0.142 e. The molecule has 108 valence electrons. The van der Waals surface area contributed by atoms with Gasteiger partial charge >= 0.3 is 0 Å². The second-order valence-corrected chi connectivity index (χ2v) is 5.54. The number of aromatic nitrogens is 2. The van der Waals surface area contributed by atoms with Crippen LogP contribution >= 0.6 is 27.5 Å². The molecule has 0 fully saturated rings. The first kappa shape index (κ1) is 15.4. The highest BCUT2D eigenvalue weighted by molar-refractivity contribution is 9.10. The first-order valence-electron chi connectivity index (χ1n) is 6.01. The second-order valence-electron chi connectivity index (χ2n) is 4.28. The van der Waals surface area contributed by atoms with E-state index in [9.17, 15) is 8.78 Å². The molecule has 0 saturated heterocycles. The molecule has 2 aromatic rings. The van der Waals surface area contributed by atoms with E-state index in [2.05, 4.69) is 26.3 Å². The van der Waals surface area contributed by atoms with Crippen molar-refractivity contribution in [1.29, 1.82) is 0 Å². The van der Waals surface area contributed by atoms with Gasteiger partial charge in [0.2, 0.25) is 0 Å². The first-order valence-corrected chi connectivity index (χ1v) is 7.18. The van der Waals surface area contributed by atoms with Gasteiger partial charge in [0.25, 0.3) is 0 Å². The third-order valence-electron chi connectivity index (χ3n) is 2.97. The van der Waals surface area contributed by atoms with Crippen molar-refractivity contribution < 1.29 is 8.78 Å². The van der Waals surface area contributed by atoms with Gasteiger partial charge in [-0.3, -0.25) is 4.68 Å². The van der Waals surface area contributed by atoms with Crippen molar-refractivity contribution in [3.8, 4) is 0 Å². The van der Waals surface area contributed by atoms with Crippen LogP contribution in [-0.2, 0) is 7.05 Å². The molecule has 0 bridgehead atoms. The van der Waals surface area contributed by atoms with Gasteiger partial charge in [0, 0.05) is 12.6 Å². The van der Waals surface area contributed by atoms with Crippen LogP contribution < -0.4 is 5.32 Å². The van der Waals surface area contributed by atoms with Crippen LogP contribution in [0.3, 0.4) is 0 Å².